The van der Waals surface area contributed by atoms with Crippen LogP contribution in [0.1, 0.15) is 6.92 Å². The Kier molecular flexibility index (Phi) is 4.84. The Morgan fingerprint density at radius 2 is 2.05 bits per heavy atom. The molecule has 1 saturated heterocycles. The van der Waals surface area contributed by atoms with Crippen molar-refractivity contribution >= 4 is 23.9 Å². The van der Waals surface area contributed by atoms with Gasteiger partial charge in [0.2, 0.25) is 6.41 Å². The van der Waals surface area contributed by atoms with Crippen molar-refractivity contribution in [3.63, 3.8) is 0 Å². The lowest BCUT2D eigenvalue weighted by Gasteiger charge is -2.33. The van der Waals surface area contributed by atoms with Crippen LogP contribution in [0.2, 0.25) is 5.02 Å². The van der Waals surface area contributed by atoms with Crippen LogP contribution >= 0.6 is 11.6 Å². The molecule has 0 radical (unpaired) electrons. The maximum atomic E-state index is 12.2. The van der Waals surface area contributed by atoms with Crippen molar-refractivity contribution in [3.8, 4) is 5.75 Å². The maximum Gasteiger partial charge on any atom is 0.263 e. The fourth-order valence-corrected chi connectivity index (χ4v) is 2.28. The van der Waals surface area contributed by atoms with Gasteiger partial charge in [0.1, 0.15) is 5.75 Å². The van der Waals surface area contributed by atoms with Crippen molar-refractivity contribution in [1.82, 2.24) is 9.80 Å². The minimum Gasteiger partial charge on any atom is -0.481 e. The molecular formula is C14H17ClN2O3. The van der Waals surface area contributed by atoms with Crippen LogP contribution in [0.15, 0.2) is 24.3 Å². The molecule has 1 aromatic carbocycles. The van der Waals surface area contributed by atoms with Crippen LogP contribution < -0.4 is 4.74 Å². The second kappa shape index (κ2) is 6.61. The van der Waals surface area contributed by atoms with Gasteiger partial charge in [-0.15, -0.1) is 0 Å². The van der Waals surface area contributed by atoms with E-state index in [1.807, 2.05) is 0 Å². The molecule has 6 heteroatoms. The predicted octanol–water partition coefficient (Wildman–Crippen LogP) is 1.41. The van der Waals surface area contributed by atoms with E-state index in [4.69, 9.17) is 16.3 Å². The molecule has 0 N–H and O–H groups in total. The summed E-state index contributed by atoms with van der Waals surface area (Å²) in [4.78, 5) is 26.2. The summed E-state index contributed by atoms with van der Waals surface area (Å²) in [6, 6.07) is 6.97. The Labute approximate surface area is 123 Å². The topological polar surface area (TPSA) is 49.9 Å². The number of nitrogens with zero attached hydrogens (tertiary/aromatic N) is 2. The molecule has 2 rings (SSSR count). The maximum absolute atomic E-state index is 12.2. The summed E-state index contributed by atoms with van der Waals surface area (Å²) in [5.41, 5.74) is 0. The first-order chi connectivity index (χ1) is 9.60. The Bertz CT molecular complexity index is 487. The molecule has 1 aliphatic heterocycles. The smallest absolute Gasteiger partial charge is 0.263 e. The summed E-state index contributed by atoms with van der Waals surface area (Å²) in [6.07, 6.45) is 0.240. The molecule has 1 aliphatic rings. The highest BCUT2D eigenvalue weighted by Crippen LogP contribution is 2.19. The molecule has 5 nitrogen and oxygen atoms in total. The highest BCUT2D eigenvalue weighted by Gasteiger charge is 2.25. The van der Waals surface area contributed by atoms with Gasteiger partial charge in [-0.25, -0.2) is 0 Å². The van der Waals surface area contributed by atoms with E-state index >= 15 is 0 Å². The summed E-state index contributed by atoms with van der Waals surface area (Å²) in [7, 11) is 0. The summed E-state index contributed by atoms with van der Waals surface area (Å²) in [5.74, 6) is 0.500. The zero-order valence-electron chi connectivity index (χ0n) is 11.3. The van der Waals surface area contributed by atoms with E-state index in [0.29, 0.717) is 37.0 Å². The van der Waals surface area contributed by atoms with Gasteiger partial charge in [-0.05, 0) is 25.1 Å². The van der Waals surface area contributed by atoms with E-state index in [0.717, 1.165) is 6.41 Å². The van der Waals surface area contributed by atoms with Crippen molar-refractivity contribution in [3.05, 3.63) is 29.3 Å². The lowest BCUT2D eigenvalue weighted by atomic mass is 10.2. The first kappa shape index (κ1) is 14.7. The first-order valence-corrected chi connectivity index (χ1v) is 6.88. The largest absolute Gasteiger partial charge is 0.481 e. The van der Waals surface area contributed by atoms with Crippen LogP contribution in [-0.4, -0.2) is 54.4 Å². The number of ether oxygens (including phenoxy) is 1. The normalized spacial score (nSPS) is 16.7. The molecule has 1 atom stereocenters. The number of carbonyl (C=O) groups is 2. The molecule has 0 aromatic heterocycles. The molecular weight excluding hydrogens is 280 g/mol. The van der Waals surface area contributed by atoms with Crippen LogP contribution in [-0.2, 0) is 9.59 Å². The first-order valence-electron chi connectivity index (χ1n) is 6.50. The van der Waals surface area contributed by atoms with Crippen LogP contribution in [0, 0.1) is 0 Å². The van der Waals surface area contributed by atoms with Gasteiger partial charge in [-0.3, -0.25) is 9.59 Å². The number of hydrogen-bond donors (Lipinski definition) is 0. The van der Waals surface area contributed by atoms with Gasteiger partial charge in [0, 0.05) is 31.2 Å². The zero-order valence-corrected chi connectivity index (χ0v) is 12.0. The van der Waals surface area contributed by atoms with Crippen molar-refractivity contribution < 1.29 is 14.3 Å². The standard InChI is InChI=1S/C14H17ClN2O3/c1-11(20-13-4-2-3-12(15)9-13)14(19)17-7-5-16(10-18)6-8-17/h2-4,9-11H,5-8H2,1H3/t11-/m0/s1. The average molecular weight is 297 g/mol. The van der Waals surface area contributed by atoms with Gasteiger partial charge in [0.15, 0.2) is 6.10 Å². The zero-order chi connectivity index (χ0) is 14.5. The quantitative estimate of drug-likeness (QED) is 0.789. The number of piperazine rings is 1. The molecule has 0 saturated carbocycles. The van der Waals surface area contributed by atoms with E-state index in [1.54, 1.807) is 41.0 Å². The summed E-state index contributed by atoms with van der Waals surface area (Å²) in [5, 5.41) is 0.571. The number of hydrogen-bond acceptors (Lipinski definition) is 3. The second-order valence-electron chi connectivity index (χ2n) is 4.68. The molecule has 0 aliphatic carbocycles. The van der Waals surface area contributed by atoms with E-state index in [1.165, 1.54) is 0 Å². The van der Waals surface area contributed by atoms with Crippen molar-refractivity contribution in [1.29, 1.82) is 0 Å². The minimum atomic E-state index is -0.573. The van der Waals surface area contributed by atoms with Crippen molar-refractivity contribution in [2.75, 3.05) is 26.2 Å². The predicted molar refractivity (Wildman–Crippen MR) is 75.8 cm³/mol. The molecule has 1 heterocycles. The van der Waals surface area contributed by atoms with Crippen molar-refractivity contribution in [2.24, 2.45) is 0 Å². The Morgan fingerprint density at radius 3 is 2.65 bits per heavy atom. The second-order valence-corrected chi connectivity index (χ2v) is 5.12. The minimum absolute atomic E-state index is 0.0736. The number of halogens is 1. The summed E-state index contributed by atoms with van der Waals surface area (Å²) >= 11 is 5.87. The molecule has 0 unspecified atom stereocenters. The molecule has 0 spiro atoms. The van der Waals surface area contributed by atoms with E-state index < -0.39 is 6.10 Å². The lowest BCUT2D eigenvalue weighted by Crippen LogP contribution is -2.51. The SMILES string of the molecule is C[C@H](Oc1cccc(Cl)c1)C(=O)N1CCN(C=O)CC1. The summed E-state index contributed by atoms with van der Waals surface area (Å²) in [6.45, 7) is 3.94. The van der Waals surface area contributed by atoms with Crippen LogP contribution in [0.4, 0.5) is 0 Å². The molecule has 20 heavy (non-hydrogen) atoms. The third-order valence-electron chi connectivity index (χ3n) is 3.23. The molecule has 108 valence electrons. The van der Waals surface area contributed by atoms with Crippen LogP contribution in [0.5, 0.6) is 5.75 Å². The summed E-state index contributed by atoms with van der Waals surface area (Å²) < 4.78 is 5.60. The number of amides is 2. The third kappa shape index (κ3) is 3.63. The third-order valence-corrected chi connectivity index (χ3v) is 3.47. The number of carbonyl (C=O) groups excluding carboxylic acids is 2. The fourth-order valence-electron chi connectivity index (χ4n) is 2.10. The van der Waals surface area contributed by atoms with Gasteiger partial charge in [-0.2, -0.15) is 0 Å². The molecule has 1 aromatic rings. The van der Waals surface area contributed by atoms with Gasteiger partial charge in [0.25, 0.3) is 5.91 Å². The Hall–Kier alpha value is -1.75. The van der Waals surface area contributed by atoms with Gasteiger partial charge < -0.3 is 14.5 Å². The van der Waals surface area contributed by atoms with E-state index in [2.05, 4.69) is 0 Å². The highest BCUT2D eigenvalue weighted by atomic mass is 35.5. The Morgan fingerprint density at radius 1 is 1.35 bits per heavy atom. The Balaban J connectivity index is 1.90. The molecule has 0 bridgehead atoms. The van der Waals surface area contributed by atoms with E-state index in [-0.39, 0.29) is 5.91 Å². The van der Waals surface area contributed by atoms with Crippen LogP contribution in [0.3, 0.4) is 0 Å². The number of benzene rings is 1. The van der Waals surface area contributed by atoms with E-state index in [9.17, 15) is 9.59 Å². The van der Waals surface area contributed by atoms with Gasteiger partial charge >= 0.3 is 0 Å². The van der Waals surface area contributed by atoms with Crippen molar-refractivity contribution in [2.45, 2.75) is 13.0 Å². The van der Waals surface area contributed by atoms with Gasteiger partial charge in [0.05, 0.1) is 0 Å². The number of rotatable bonds is 4. The fraction of sp³-hybridized carbons (Fsp3) is 0.429. The lowest BCUT2D eigenvalue weighted by molar-refractivity contribution is -0.141. The van der Waals surface area contributed by atoms with Crippen LogP contribution in [0.25, 0.3) is 0 Å². The van der Waals surface area contributed by atoms with Gasteiger partial charge in [-0.1, -0.05) is 17.7 Å². The highest BCUT2D eigenvalue weighted by molar-refractivity contribution is 6.30. The molecule has 1 fully saturated rings. The molecule has 2 amide bonds. The monoisotopic (exact) mass is 296 g/mol. The average Bonchev–Trinajstić information content (AvgIpc) is 2.46.